The zero-order valence-electron chi connectivity index (χ0n) is 12.3. The zero-order chi connectivity index (χ0) is 15.5. The summed E-state index contributed by atoms with van der Waals surface area (Å²) in [5, 5.41) is 16.9. The fourth-order valence-electron chi connectivity index (χ4n) is 2.29. The Morgan fingerprint density at radius 3 is 2.45 bits per heavy atom. The molecule has 5 heteroatoms. The van der Waals surface area contributed by atoms with Crippen molar-refractivity contribution in [2.45, 2.75) is 0 Å². The maximum absolute atomic E-state index is 9.56. The van der Waals surface area contributed by atoms with E-state index in [0.29, 0.717) is 11.5 Å². The average Bonchev–Trinajstić information content (AvgIpc) is 3.04. The largest absolute Gasteiger partial charge is 0.508 e. The number of hydrogen-bond donors (Lipinski definition) is 2. The first-order valence-corrected chi connectivity index (χ1v) is 6.78. The molecule has 2 N–H and O–H groups in total. The van der Waals surface area contributed by atoms with Crippen molar-refractivity contribution in [2.75, 3.05) is 14.2 Å². The second kappa shape index (κ2) is 5.81. The van der Waals surface area contributed by atoms with Crippen LogP contribution in [0.2, 0.25) is 0 Å². The highest BCUT2D eigenvalue weighted by atomic mass is 16.5. The van der Waals surface area contributed by atoms with Gasteiger partial charge in [0.15, 0.2) is 11.5 Å². The highest BCUT2D eigenvalue weighted by Crippen LogP contribution is 2.33. The number of nitrogens with zero attached hydrogens (tertiary/aromatic N) is 1. The van der Waals surface area contributed by atoms with Gasteiger partial charge >= 0.3 is 0 Å². The number of hydrogen-bond acceptors (Lipinski definition) is 4. The van der Waals surface area contributed by atoms with Gasteiger partial charge in [0.2, 0.25) is 0 Å². The normalized spacial score (nSPS) is 10.5. The lowest BCUT2D eigenvalue weighted by Gasteiger charge is -2.08. The van der Waals surface area contributed by atoms with E-state index in [1.807, 2.05) is 30.3 Å². The Labute approximate surface area is 128 Å². The summed E-state index contributed by atoms with van der Waals surface area (Å²) < 4.78 is 10.5. The Morgan fingerprint density at radius 1 is 0.909 bits per heavy atom. The summed E-state index contributed by atoms with van der Waals surface area (Å²) in [6, 6.07) is 14.6. The van der Waals surface area contributed by atoms with Crippen molar-refractivity contribution < 1.29 is 14.6 Å². The Morgan fingerprint density at radius 2 is 1.73 bits per heavy atom. The zero-order valence-corrected chi connectivity index (χ0v) is 12.3. The Balaban J connectivity index is 1.97. The van der Waals surface area contributed by atoms with Crippen LogP contribution in [0.3, 0.4) is 0 Å². The molecule has 0 amide bonds. The summed E-state index contributed by atoms with van der Waals surface area (Å²) in [5.74, 6) is 1.55. The molecule has 3 aromatic rings. The third kappa shape index (κ3) is 2.61. The van der Waals surface area contributed by atoms with Gasteiger partial charge in [0.25, 0.3) is 0 Å². The number of H-pyrrole nitrogens is 1. The van der Waals surface area contributed by atoms with Gasteiger partial charge in [-0.25, -0.2) is 0 Å². The first-order chi connectivity index (χ1) is 10.7. The molecule has 22 heavy (non-hydrogen) atoms. The summed E-state index contributed by atoms with van der Waals surface area (Å²) in [4.78, 5) is 0. The molecule has 5 nitrogen and oxygen atoms in total. The maximum atomic E-state index is 9.56. The minimum atomic E-state index is 0.222. The van der Waals surface area contributed by atoms with Crippen LogP contribution < -0.4 is 9.47 Å². The standard InChI is InChI=1S/C17H16N2O3/c1-21-16-7-6-12(9-17(16)22-2)15-10-14(18-19-15)11-4-3-5-13(20)8-11/h3-10,20H,1-2H3,(H,18,19). The first-order valence-electron chi connectivity index (χ1n) is 6.78. The highest BCUT2D eigenvalue weighted by Gasteiger charge is 2.10. The molecule has 0 atom stereocenters. The van der Waals surface area contributed by atoms with E-state index >= 15 is 0 Å². The molecule has 112 valence electrons. The highest BCUT2D eigenvalue weighted by molar-refractivity contribution is 5.70. The molecule has 0 saturated carbocycles. The van der Waals surface area contributed by atoms with Crippen molar-refractivity contribution in [3.05, 3.63) is 48.5 Å². The molecule has 0 aliphatic rings. The molecule has 1 aromatic heterocycles. The molecule has 1 heterocycles. The van der Waals surface area contributed by atoms with Crippen molar-refractivity contribution in [3.8, 4) is 39.8 Å². The van der Waals surface area contributed by atoms with Crippen molar-refractivity contribution in [1.82, 2.24) is 10.2 Å². The third-order valence-corrected chi connectivity index (χ3v) is 3.41. The molecular weight excluding hydrogens is 280 g/mol. The van der Waals surface area contributed by atoms with E-state index in [1.54, 1.807) is 32.4 Å². The molecular formula is C17H16N2O3. The van der Waals surface area contributed by atoms with E-state index < -0.39 is 0 Å². The van der Waals surface area contributed by atoms with E-state index in [2.05, 4.69) is 10.2 Å². The van der Waals surface area contributed by atoms with Crippen LogP contribution in [0.15, 0.2) is 48.5 Å². The lowest BCUT2D eigenvalue weighted by Crippen LogP contribution is -1.90. The molecule has 0 aliphatic heterocycles. The third-order valence-electron chi connectivity index (χ3n) is 3.41. The number of aromatic amines is 1. The Hall–Kier alpha value is -2.95. The van der Waals surface area contributed by atoms with Gasteiger partial charge in [-0.05, 0) is 36.4 Å². The molecule has 0 saturated heterocycles. The van der Waals surface area contributed by atoms with E-state index in [0.717, 1.165) is 22.5 Å². The van der Waals surface area contributed by atoms with Crippen LogP contribution in [0.1, 0.15) is 0 Å². The number of rotatable bonds is 4. The lowest BCUT2D eigenvalue weighted by atomic mass is 10.1. The number of ether oxygens (including phenoxy) is 2. The van der Waals surface area contributed by atoms with Crippen LogP contribution >= 0.6 is 0 Å². The van der Waals surface area contributed by atoms with Gasteiger partial charge in [-0.3, -0.25) is 5.10 Å². The summed E-state index contributed by atoms with van der Waals surface area (Å²) in [5.41, 5.74) is 3.42. The van der Waals surface area contributed by atoms with Gasteiger partial charge in [0, 0.05) is 11.1 Å². The summed E-state index contributed by atoms with van der Waals surface area (Å²) in [6.45, 7) is 0. The van der Waals surface area contributed by atoms with Gasteiger partial charge in [0.1, 0.15) is 5.75 Å². The van der Waals surface area contributed by atoms with Gasteiger partial charge < -0.3 is 14.6 Å². The fraction of sp³-hybridized carbons (Fsp3) is 0.118. The van der Waals surface area contributed by atoms with Crippen LogP contribution in [-0.4, -0.2) is 29.5 Å². The van der Waals surface area contributed by atoms with Crippen molar-refractivity contribution >= 4 is 0 Å². The van der Waals surface area contributed by atoms with Crippen LogP contribution in [-0.2, 0) is 0 Å². The molecule has 0 fully saturated rings. The van der Waals surface area contributed by atoms with Crippen molar-refractivity contribution in [2.24, 2.45) is 0 Å². The molecule has 0 radical (unpaired) electrons. The second-order valence-corrected chi connectivity index (χ2v) is 4.79. The number of methoxy groups -OCH3 is 2. The van der Waals surface area contributed by atoms with Crippen LogP contribution in [0, 0.1) is 0 Å². The predicted octanol–water partition coefficient (Wildman–Crippen LogP) is 3.47. The molecule has 0 bridgehead atoms. The van der Waals surface area contributed by atoms with Gasteiger partial charge in [-0.1, -0.05) is 12.1 Å². The minimum Gasteiger partial charge on any atom is -0.508 e. The first kappa shape index (κ1) is 14.0. The van der Waals surface area contributed by atoms with Crippen LogP contribution in [0.4, 0.5) is 0 Å². The fourth-order valence-corrected chi connectivity index (χ4v) is 2.29. The van der Waals surface area contributed by atoms with E-state index in [4.69, 9.17) is 9.47 Å². The summed E-state index contributed by atoms with van der Waals surface area (Å²) in [6.07, 6.45) is 0. The SMILES string of the molecule is COc1ccc(-c2cc(-c3cccc(O)c3)[nH]n2)cc1OC. The number of aromatic hydroxyl groups is 1. The predicted molar refractivity (Wildman–Crippen MR) is 84.2 cm³/mol. The monoisotopic (exact) mass is 296 g/mol. The number of aromatic nitrogens is 2. The minimum absolute atomic E-state index is 0.222. The maximum Gasteiger partial charge on any atom is 0.161 e. The average molecular weight is 296 g/mol. The Bertz CT molecular complexity index is 796. The van der Waals surface area contributed by atoms with Gasteiger partial charge in [-0.15, -0.1) is 0 Å². The number of phenols is 1. The lowest BCUT2D eigenvalue weighted by molar-refractivity contribution is 0.355. The number of nitrogens with one attached hydrogen (secondary N) is 1. The molecule has 3 rings (SSSR count). The quantitative estimate of drug-likeness (QED) is 0.773. The van der Waals surface area contributed by atoms with Gasteiger partial charge in [-0.2, -0.15) is 5.10 Å². The van der Waals surface area contributed by atoms with Crippen LogP contribution in [0.25, 0.3) is 22.5 Å². The van der Waals surface area contributed by atoms with E-state index in [9.17, 15) is 5.11 Å². The van der Waals surface area contributed by atoms with E-state index in [1.165, 1.54) is 0 Å². The summed E-state index contributed by atoms with van der Waals surface area (Å²) in [7, 11) is 3.20. The second-order valence-electron chi connectivity index (χ2n) is 4.79. The van der Waals surface area contributed by atoms with Crippen LogP contribution in [0.5, 0.6) is 17.2 Å². The molecule has 0 unspecified atom stereocenters. The van der Waals surface area contributed by atoms with Crippen molar-refractivity contribution in [1.29, 1.82) is 0 Å². The smallest absolute Gasteiger partial charge is 0.161 e. The van der Waals surface area contributed by atoms with Gasteiger partial charge in [0.05, 0.1) is 25.6 Å². The topological polar surface area (TPSA) is 67.4 Å². The molecule has 0 spiro atoms. The number of phenolic OH excluding ortho intramolecular Hbond substituents is 1. The molecule has 2 aromatic carbocycles. The Kier molecular flexibility index (Phi) is 3.70. The summed E-state index contributed by atoms with van der Waals surface area (Å²) >= 11 is 0. The van der Waals surface area contributed by atoms with Crippen molar-refractivity contribution in [3.63, 3.8) is 0 Å². The molecule has 0 aliphatic carbocycles. The van der Waals surface area contributed by atoms with E-state index in [-0.39, 0.29) is 5.75 Å². The number of benzene rings is 2.